The van der Waals surface area contributed by atoms with Gasteiger partial charge in [0, 0.05) is 5.57 Å². The minimum absolute atomic E-state index is 0.161. The van der Waals surface area contributed by atoms with Gasteiger partial charge in [0.2, 0.25) is 0 Å². The third-order valence-corrected chi connectivity index (χ3v) is 2.20. The molecule has 0 aromatic heterocycles. The van der Waals surface area contributed by atoms with Crippen LogP contribution < -0.4 is 0 Å². The number of ether oxygens (including phenoxy) is 2. The van der Waals surface area contributed by atoms with Gasteiger partial charge in [0.25, 0.3) is 0 Å². The van der Waals surface area contributed by atoms with E-state index in [-0.39, 0.29) is 12.2 Å². The molecule has 1 aliphatic carbocycles. The standard InChI is InChI=1S/C9H8O2/c1-2-4-7-6(3-1)9-8(11-9)5-10-7/h1-4,7-8H,5H2. The van der Waals surface area contributed by atoms with Crippen LogP contribution in [0.3, 0.4) is 0 Å². The average molecular weight is 148 g/mol. The van der Waals surface area contributed by atoms with Crippen LogP contribution in [-0.2, 0) is 9.47 Å². The zero-order valence-corrected chi connectivity index (χ0v) is 5.99. The van der Waals surface area contributed by atoms with Crippen molar-refractivity contribution in [3.05, 3.63) is 35.6 Å². The van der Waals surface area contributed by atoms with Gasteiger partial charge in [-0.05, 0) is 0 Å². The van der Waals surface area contributed by atoms with Crippen molar-refractivity contribution in [3.8, 4) is 0 Å². The maximum atomic E-state index is 5.51. The van der Waals surface area contributed by atoms with Gasteiger partial charge in [-0.1, -0.05) is 24.3 Å². The number of hydrogen-bond donors (Lipinski definition) is 0. The van der Waals surface area contributed by atoms with Crippen LogP contribution in [0.4, 0.5) is 0 Å². The largest absolute Gasteiger partial charge is 0.480 e. The maximum Gasteiger partial charge on any atom is 0.179 e. The zero-order chi connectivity index (χ0) is 7.26. The van der Waals surface area contributed by atoms with Gasteiger partial charge in [-0.2, -0.15) is 0 Å². The topological polar surface area (TPSA) is 21.8 Å². The molecule has 3 aliphatic rings. The maximum absolute atomic E-state index is 5.51. The van der Waals surface area contributed by atoms with Crippen molar-refractivity contribution in [1.29, 1.82) is 0 Å². The summed E-state index contributed by atoms with van der Waals surface area (Å²) in [6.45, 7) is 0.724. The van der Waals surface area contributed by atoms with E-state index in [0.717, 1.165) is 12.4 Å². The third kappa shape index (κ3) is 0.701. The number of epoxide rings is 1. The molecule has 0 amide bonds. The van der Waals surface area contributed by atoms with Gasteiger partial charge >= 0.3 is 0 Å². The normalized spacial score (nSPS) is 37.8. The first-order chi connectivity index (χ1) is 5.45. The summed E-state index contributed by atoms with van der Waals surface area (Å²) in [5.41, 5.74) is 1.21. The summed E-state index contributed by atoms with van der Waals surface area (Å²) < 4.78 is 10.8. The first kappa shape index (κ1) is 5.61. The molecule has 2 nitrogen and oxygen atoms in total. The zero-order valence-electron chi connectivity index (χ0n) is 5.99. The lowest BCUT2D eigenvalue weighted by Gasteiger charge is -2.17. The molecule has 11 heavy (non-hydrogen) atoms. The molecule has 56 valence electrons. The highest BCUT2D eigenvalue weighted by Gasteiger charge is 2.42. The second-order valence-corrected chi connectivity index (χ2v) is 2.92. The van der Waals surface area contributed by atoms with Crippen molar-refractivity contribution in [1.82, 2.24) is 0 Å². The molecular weight excluding hydrogens is 140 g/mol. The Morgan fingerprint density at radius 3 is 3.36 bits per heavy atom. The summed E-state index contributed by atoms with van der Waals surface area (Å²) in [6.07, 6.45) is 8.59. The van der Waals surface area contributed by atoms with Crippen LogP contribution in [0.1, 0.15) is 0 Å². The quantitative estimate of drug-likeness (QED) is 0.481. The Kier molecular flexibility index (Phi) is 0.902. The molecule has 0 aromatic rings. The van der Waals surface area contributed by atoms with Gasteiger partial charge in [-0.25, -0.2) is 0 Å². The van der Waals surface area contributed by atoms with E-state index in [2.05, 4.69) is 12.2 Å². The molecule has 2 unspecified atom stereocenters. The van der Waals surface area contributed by atoms with Crippen LogP contribution in [0.2, 0.25) is 0 Å². The van der Waals surface area contributed by atoms with Crippen LogP contribution in [0.5, 0.6) is 0 Å². The molecule has 0 N–H and O–H groups in total. The first-order valence-electron chi connectivity index (χ1n) is 3.82. The Balaban J connectivity index is 2.08. The molecule has 1 saturated heterocycles. The van der Waals surface area contributed by atoms with Crippen molar-refractivity contribution in [3.63, 3.8) is 0 Å². The van der Waals surface area contributed by atoms with Crippen molar-refractivity contribution in [2.75, 3.05) is 6.61 Å². The van der Waals surface area contributed by atoms with Crippen LogP contribution >= 0.6 is 0 Å². The van der Waals surface area contributed by atoms with Crippen LogP contribution in [0.25, 0.3) is 0 Å². The lowest BCUT2D eigenvalue weighted by Crippen LogP contribution is -2.20. The highest BCUT2D eigenvalue weighted by Crippen LogP contribution is 2.38. The molecule has 0 saturated carbocycles. The number of rotatable bonds is 0. The van der Waals surface area contributed by atoms with E-state index < -0.39 is 0 Å². The van der Waals surface area contributed by atoms with Gasteiger partial charge in [0.15, 0.2) is 6.10 Å². The first-order valence-corrected chi connectivity index (χ1v) is 3.82. The van der Waals surface area contributed by atoms with E-state index in [1.165, 1.54) is 5.57 Å². The molecule has 3 rings (SSSR count). The Bertz CT molecular complexity index is 286. The van der Waals surface area contributed by atoms with E-state index in [9.17, 15) is 0 Å². The van der Waals surface area contributed by atoms with Gasteiger partial charge in [-0.15, -0.1) is 0 Å². The van der Waals surface area contributed by atoms with Gasteiger partial charge in [0.05, 0.1) is 6.61 Å². The predicted octanol–water partition coefficient (Wildman–Crippen LogP) is 1.16. The molecule has 2 aliphatic heterocycles. The monoisotopic (exact) mass is 148 g/mol. The summed E-state index contributed by atoms with van der Waals surface area (Å²) in [6, 6.07) is 0. The molecule has 1 fully saturated rings. The Hall–Kier alpha value is -1.02. The molecule has 2 heterocycles. The molecule has 2 atom stereocenters. The van der Waals surface area contributed by atoms with E-state index in [1.807, 2.05) is 12.2 Å². The van der Waals surface area contributed by atoms with E-state index in [4.69, 9.17) is 9.47 Å². The van der Waals surface area contributed by atoms with E-state index in [0.29, 0.717) is 0 Å². The average Bonchev–Trinajstić information content (AvgIpc) is 2.83. The molecule has 0 bridgehead atoms. The highest BCUT2D eigenvalue weighted by molar-refractivity contribution is 5.42. The Morgan fingerprint density at radius 2 is 2.36 bits per heavy atom. The lowest BCUT2D eigenvalue weighted by molar-refractivity contribution is 0.0934. The molecule has 0 aromatic carbocycles. The fourth-order valence-corrected chi connectivity index (χ4v) is 1.56. The second kappa shape index (κ2) is 1.77. The SMILES string of the molecule is C1=CC2=C3OC3COC2C=C1. The smallest absolute Gasteiger partial charge is 0.179 e. The van der Waals surface area contributed by atoms with Crippen LogP contribution in [0, 0.1) is 0 Å². The minimum atomic E-state index is 0.161. The van der Waals surface area contributed by atoms with Crippen molar-refractivity contribution in [2.45, 2.75) is 12.2 Å². The summed E-state index contributed by atoms with van der Waals surface area (Å²) in [7, 11) is 0. The fourth-order valence-electron chi connectivity index (χ4n) is 1.56. The summed E-state index contributed by atoms with van der Waals surface area (Å²) >= 11 is 0. The van der Waals surface area contributed by atoms with Crippen LogP contribution in [-0.4, -0.2) is 18.8 Å². The summed E-state index contributed by atoms with van der Waals surface area (Å²) in [5, 5.41) is 0. The van der Waals surface area contributed by atoms with Gasteiger partial charge < -0.3 is 9.47 Å². The van der Waals surface area contributed by atoms with Gasteiger partial charge in [-0.3, -0.25) is 0 Å². The number of fused-ring (bicyclic) bond motifs is 2. The lowest BCUT2D eigenvalue weighted by atomic mass is 10.0. The molecular formula is C9H8O2. The fraction of sp³-hybridized carbons (Fsp3) is 0.333. The predicted molar refractivity (Wildman–Crippen MR) is 39.9 cm³/mol. The number of allylic oxidation sites excluding steroid dienone is 2. The van der Waals surface area contributed by atoms with E-state index in [1.54, 1.807) is 0 Å². The van der Waals surface area contributed by atoms with Crippen molar-refractivity contribution >= 4 is 0 Å². The second-order valence-electron chi connectivity index (χ2n) is 2.92. The molecule has 0 radical (unpaired) electrons. The molecule has 2 heteroatoms. The summed E-state index contributed by atoms with van der Waals surface area (Å²) in [5.74, 6) is 1.14. The summed E-state index contributed by atoms with van der Waals surface area (Å²) in [4.78, 5) is 0. The molecule has 0 spiro atoms. The third-order valence-electron chi connectivity index (χ3n) is 2.20. The Morgan fingerprint density at radius 1 is 1.36 bits per heavy atom. The number of hydrogen-bond acceptors (Lipinski definition) is 2. The Labute approximate surface area is 64.8 Å². The van der Waals surface area contributed by atoms with Crippen molar-refractivity contribution < 1.29 is 9.47 Å². The van der Waals surface area contributed by atoms with E-state index >= 15 is 0 Å². The highest BCUT2D eigenvalue weighted by atomic mass is 16.6. The van der Waals surface area contributed by atoms with Crippen LogP contribution in [0.15, 0.2) is 35.6 Å². The minimum Gasteiger partial charge on any atom is -0.480 e. The van der Waals surface area contributed by atoms with Gasteiger partial charge in [0.1, 0.15) is 11.9 Å². The van der Waals surface area contributed by atoms with Crippen molar-refractivity contribution in [2.24, 2.45) is 0 Å².